The van der Waals surface area contributed by atoms with E-state index < -0.39 is 0 Å². The van der Waals surface area contributed by atoms with Crippen molar-refractivity contribution in [2.45, 2.75) is 12.5 Å². The van der Waals surface area contributed by atoms with Crippen LogP contribution in [0.15, 0.2) is 48.5 Å². The summed E-state index contributed by atoms with van der Waals surface area (Å²) in [7, 11) is 0. The molecule has 1 saturated heterocycles. The average molecular weight is 422 g/mol. The van der Waals surface area contributed by atoms with Crippen LogP contribution in [-0.2, 0) is 6.42 Å². The fraction of sp³-hybridized carbons (Fsp3) is 0.318. The van der Waals surface area contributed by atoms with Gasteiger partial charge in [-0.1, -0.05) is 36.4 Å². The molecule has 2 N–H and O–H groups in total. The fourth-order valence-electron chi connectivity index (χ4n) is 4.06. The van der Waals surface area contributed by atoms with Crippen LogP contribution in [0.3, 0.4) is 0 Å². The Kier molecular flexibility index (Phi) is 5.18. The van der Waals surface area contributed by atoms with E-state index in [1.54, 1.807) is 18.2 Å². The highest BCUT2D eigenvalue weighted by Gasteiger charge is 2.30. The summed E-state index contributed by atoms with van der Waals surface area (Å²) in [5.74, 6) is 3.78. The molecular formula is C22H23N5O2S. The van der Waals surface area contributed by atoms with Crippen LogP contribution in [0, 0.1) is 0 Å². The lowest BCUT2D eigenvalue weighted by Gasteiger charge is -2.36. The molecule has 2 aliphatic rings. The molecule has 154 valence electrons. The number of aliphatic hydroxyl groups is 1. The van der Waals surface area contributed by atoms with Gasteiger partial charge < -0.3 is 20.0 Å². The molecule has 1 unspecified atom stereocenters. The Morgan fingerprint density at radius 1 is 1.00 bits per heavy atom. The monoisotopic (exact) mass is 421 g/mol. The van der Waals surface area contributed by atoms with E-state index in [9.17, 15) is 10.2 Å². The zero-order chi connectivity index (χ0) is 20.5. The number of phenols is 1. The molecule has 0 amide bonds. The van der Waals surface area contributed by atoms with Gasteiger partial charge in [-0.25, -0.2) is 0 Å². The maximum atomic E-state index is 10.2. The fourth-order valence-corrected chi connectivity index (χ4v) is 5.00. The highest BCUT2D eigenvalue weighted by atomic mass is 32.2. The first-order valence-corrected chi connectivity index (χ1v) is 11.2. The lowest BCUT2D eigenvalue weighted by molar-refractivity contribution is 0.256. The Hall–Kier alpha value is -2.84. The van der Waals surface area contributed by atoms with Crippen molar-refractivity contribution < 1.29 is 10.2 Å². The SMILES string of the molecule is OCC1c2ccccc2CCN1c1nc(-c2cccc(O)c2)nc(N2CCSC2)n1. The molecule has 3 heterocycles. The lowest BCUT2D eigenvalue weighted by atomic mass is 9.93. The normalized spacial score (nSPS) is 18.5. The molecule has 1 aromatic heterocycles. The van der Waals surface area contributed by atoms with E-state index in [4.69, 9.17) is 15.0 Å². The van der Waals surface area contributed by atoms with Gasteiger partial charge in [-0.15, -0.1) is 11.8 Å². The summed E-state index contributed by atoms with van der Waals surface area (Å²) in [5, 5.41) is 20.1. The van der Waals surface area contributed by atoms with Gasteiger partial charge in [0.25, 0.3) is 0 Å². The standard InChI is InChI=1S/C22H23N5O2S/c28-13-19-18-7-2-1-4-15(18)8-9-27(19)22-24-20(16-5-3-6-17(29)12-16)23-21(25-22)26-10-11-30-14-26/h1-7,12,19,28-29H,8-11,13-14H2. The third-order valence-corrected chi connectivity index (χ3v) is 6.56. The molecule has 0 bridgehead atoms. The largest absolute Gasteiger partial charge is 0.508 e. The number of aliphatic hydroxyl groups excluding tert-OH is 1. The average Bonchev–Trinajstić information content (AvgIpc) is 3.33. The van der Waals surface area contributed by atoms with Gasteiger partial charge in [-0.2, -0.15) is 15.0 Å². The summed E-state index contributed by atoms with van der Waals surface area (Å²) in [5.41, 5.74) is 3.11. The topological polar surface area (TPSA) is 85.6 Å². The van der Waals surface area contributed by atoms with Crippen molar-refractivity contribution >= 4 is 23.7 Å². The van der Waals surface area contributed by atoms with Crippen molar-refractivity contribution in [1.29, 1.82) is 0 Å². The maximum Gasteiger partial charge on any atom is 0.231 e. The lowest BCUT2D eigenvalue weighted by Crippen LogP contribution is -2.39. The van der Waals surface area contributed by atoms with Gasteiger partial charge in [-0.05, 0) is 29.7 Å². The number of nitrogens with zero attached hydrogens (tertiary/aromatic N) is 5. The van der Waals surface area contributed by atoms with Gasteiger partial charge in [0.15, 0.2) is 5.82 Å². The van der Waals surface area contributed by atoms with E-state index in [-0.39, 0.29) is 18.4 Å². The summed E-state index contributed by atoms with van der Waals surface area (Å²) in [6.45, 7) is 1.60. The van der Waals surface area contributed by atoms with Gasteiger partial charge in [0.1, 0.15) is 5.75 Å². The number of phenolic OH excluding ortho intramolecular Hbond substituents is 1. The van der Waals surface area contributed by atoms with Gasteiger partial charge >= 0.3 is 0 Å². The number of aromatic hydroxyl groups is 1. The second kappa shape index (κ2) is 8.12. The van der Waals surface area contributed by atoms with Crippen LogP contribution in [-0.4, -0.2) is 56.5 Å². The Bertz CT molecular complexity index is 1060. The number of fused-ring (bicyclic) bond motifs is 1. The zero-order valence-electron chi connectivity index (χ0n) is 16.5. The molecule has 1 atom stereocenters. The third kappa shape index (κ3) is 3.57. The molecule has 1 fully saturated rings. The van der Waals surface area contributed by atoms with Crippen molar-refractivity contribution in [1.82, 2.24) is 15.0 Å². The van der Waals surface area contributed by atoms with E-state index in [0.29, 0.717) is 17.7 Å². The minimum atomic E-state index is -0.199. The first-order chi connectivity index (χ1) is 14.7. The van der Waals surface area contributed by atoms with Crippen LogP contribution in [0.2, 0.25) is 0 Å². The molecule has 0 spiro atoms. The van der Waals surface area contributed by atoms with Crippen molar-refractivity contribution in [3.63, 3.8) is 0 Å². The second-order valence-electron chi connectivity index (χ2n) is 7.45. The molecule has 3 aromatic rings. The summed E-state index contributed by atoms with van der Waals surface area (Å²) in [4.78, 5) is 18.5. The minimum absolute atomic E-state index is 0.0148. The Morgan fingerprint density at radius 3 is 2.67 bits per heavy atom. The predicted octanol–water partition coefficient (Wildman–Crippen LogP) is 2.85. The van der Waals surface area contributed by atoms with Gasteiger partial charge in [0.2, 0.25) is 11.9 Å². The predicted molar refractivity (Wildman–Crippen MR) is 119 cm³/mol. The Labute approximate surface area is 179 Å². The molecule has 0 radical (unpaired) electrons. The number of thioether (sulfide) groups is 1. The molecular weight excluding hydrogens is 398 g/mol. The third-order valence-electron chi connectivity index (χ3n) is 5.59. The van der Waals surface area contributed by atoms with Crippen LogP contribution < -0.4 is 9.80 Å². The van der Waals surface area contributed by atoms with E-state index in [1.807, 2.05) is 30.0 Å². The molecule has 5 rings (SSSR count). The molecule has 0 saturated carbocycles. The van der Waals surface area contributed by atoms with Gasteiger partial charge in [0, 0.05) is 24.4 Å². The highest BCUT2D eigenvalue weighted by Crippen LogP contribution is 2.34. The number of aromatic nitrogens is 3. The van der Waals surface area contributed by atoms with Crippen LogP contribution in [0.1, 0.15) is 17.2 Å². The van der Waals surface area contributed by atoms with Crippen LogP contribution in [0.4, 0.5) is 11.9 Å². The number of hydrogen-bond acceptors (Lipinski definition) is 8. The Morgan fingerprint density at radius 2 is 1.87 bits per heavy atom. The first-order valence-electron chi connectivity index (χ1n) is 10.1. The van der Waals surface area contributed by atoms with Gasteiger partial charge in [-0.3, -0.25) is 0 Å². The van der Waals surface area contributed by atoms with Crippen molar-refractivity contribution in [3.8, 4) is 17.1 Å². The summed E-state index contributed by atoms with van der Waals surface area (Å²) in [6, 6.07) is 15.0. The number of hydrogen-bond donors (Lipinski definition) is 2. The highest BCUT2D eigenvalue weighted by molar-refractivity contribution is 7.99. The van der Waals surface area contributed by atoms with Crippen LogP contribution >= 0.6 is 11.8 Å². The summed E-state index contributed by atoms with van der Waals surface area (Å²) < 4.78 is 0. The smallest absolute Gasteiger partial charge is 0.231 e. The van der Waals surface area contributed by atoms with Crippen molar-refractivity contribution in [2.75, 3.05) is 41.1 Å². The molecule has 7 nitrogen and oxygen atoms in total. The number of benzene rings is 2. The second-order valence-corrected chi connectivity index (χ2v) is 8.53. The summed E-state index contributed by atoms with van der Waals surface area (Å²) >= 11 is 1.85. The van der Waals surface area contributed by atoms with E-state index in [1.165, 1.54) is 5.56 Å². The molecule has 0 aliphatic carbocycles. The molecule has 8 heteroatoms. The quantitative estimate of drug-likeness (QED) is 0.665. The molecule has 2 aliphatic heterocycles. The molecule has 30 heavy (non-hydrogen) atoms. The maximum absolute atomic E-state index is 10.2. The number of anilines is 2. The summed E-state index contributed by atoms with van der Waals surface area (Å²) in [6.07, 6.45) is 0.870. The Balaban J connectivity index is 1.60. The van der Waals surface area contributed by atoms with Gasteiger partial charge in [0.05, 0.1) is 18.5 Å². The van der Waals surface area contributed by atoms with E-state index in [0.717, 1.165) is 42.3 Å². The van der Waals surface area contributed by atoms with Crippen molar-refractivity contribution in [3.05, 3.63) is 59.7 Å². The van der Waals surface area contributed by atoms with Crippen LogP contribution in [0.25, 0.3) is 11.4 Å². The van der Waals surface area contributed by atoms with E-state index >= 15 is 0 Å². The van der Waals surface area contributed by atoms with E-state index in [2.05, 4.69) is 21.9 Å². The van der Waals surface area contributed by atoms with Crippen molar-refractivity contribution in [2.24, 2.45) is 0 Å². The van der Waals surface area contributed by atoms with Crippen LogP contribution in [0.5, 0.6) is 5.75 Å². The zero-order valence-corrected chi connectivity index (χ0v) is 17.3. The minimum Gasteiger partial charge on any atom is -0.508 e. The first kappa shape index (κ1) is 19.1. The molecule has 2 aromatic carbocycles. The number of rotatable bonds is 4.